The molecular formula is C9H4BrClFN3O2. The first kappa shape index (κ1) is 12.0. The van der Waals surface area contributed by atoms with Crippen LogP contribution in [0.4, 0.5) is 10.3 Å². The molecule has 0 atom stereocenters. The van der Waals surface area contributed by atoms with E-state index >= 15 is 0 Å². The number of nitrogens with zero attached hydrogens (tertiary/aromatic N) is 2. The maximum atomic E-state index is 13.6. The first-order valence-electron chi connectivity index (χ1n) is 4.31. The monoisotopic (exact) mass is 319 g/mol. The predicted octanol–water partition coefficient (Wildman–Crippen LogP) is 2.88. The summed E-state index contributed by atoms with van der Waals surface area (Å²) in [5.74, 6) is -1.51. The van der Waals surface area contributed by atoms with Crippen LogP contribution in [-0.4, -0.2) is 16.0 Å². The summed E-state index contributed by atoms with van der Waals surface area (Å²) in [5.41, 5.74) is -0.249. The van der Waals surface area contributed by atoms with Gasteiger partial charge in [-0.15, -0.1) is 0 Å². The Morgan fingerprint density at radius 3 is 3.00 bits per heavy atom. The molecule has 0 radical (unpaired) electrons. The van der Waals surface area contributed by atoms with Crippen LogP contribution in [0.3, 0.4) is 0 Å². The maximum Gasteiger partial charge on any atom is 0.262 e. The average molecular weight is 321 g/mol. The number of nitrogens with one attached hydrogen (secondary N) is 1. The van der Waals surface area contributed by atoms with Crippen molar-refractivity contribution in [1.82, 2.24) is 10.1 Å². The lowest BCUT2D eigenvalue weighted by molar-refractivity contribution is 0.101. The minimum absolute atomic E-state index is 0.106. The molecule has 0 bridgehead atoms. The van der Waals surface area contributed by atoms with Crippen LogP contribution in [0.25, 0.3) is 0 Å². The molecule has 17 heavy (non-hydrogen) atoms. The second-order valence-electron chi connectivity index (χ2n) is 2.92. The molecule has 5 nitrogen and oxygen atoms in total. The molecule has 0 fully saturated rings. The fourth-order valence-corrected chi connectivity index (χ4v) is 1.71. The lowest BCUT2D eigenvalue weighted by atomic mass is 10.2. The van der Waals surface area contributed by atoms with Gasteiger partial charge in [0.2, 0.25) is 5.88 Å². The number of carbonyl (C=O) groups is 1. The molecule has 0 spiro atoms. The summed E-state index contributed by atoms with van der Waals surface area (Å²) in [4.78, 5) is 15.3. The third kappa shape index (κ3) is 2.45. The van der Waals surface area contributed by atoms with Gasteiger partial charge in [-0.2, -0.15) is 0 Å². The summed E-state index contributed by atoms with van der Waals surface area (Å²) in [7, 11) is 0. The van der Waals surface area contributed by atoms with E-state index in [9.17, 15) is 9.18 Å². The molecule has 2 aromatic rings. The van der Waals surface area contributed by atoms with Crippen molar-refractivity contribution >= 4 is 39.3 Å². The summed E-state index contributed by atoms with van der Waals surface area (Å²) < 4.78 is 18.5. The second-order valence-corrected chi connectivity index (χ2v) is 4.13. The van der Waals surface area contributed by atoms with Crippen molar-refractivity contribution in [2.24, 2.45) is 0 Å². The van der Waals surface area contributed by atoms with Gasteiger partial charge in [0.15, 0.2) is 11.0 Å². The van der Waals surface area contributed by atoms with Crippen LogP contribution in [-0.2, 0) is 0 Å². The lowest BCUT2D eigenvalue weighted by Crippen LogP contribution is -2.14. The molecular weight excluding hydrogens is 316 g/mol. The minimum atomic E-state index is -0.905. The number of pyridine rings is 1. The topological polar surface area (TPSA) is 68.0 Å². The van der Waals surface area contributed by atoms with Gasteiger partial charge in [0.05, 0.1) is 16.2 Å². The van der Waals surface area contributed by atoms with Gasteiger partial charge in [-0.3, -0.25) is 10.1 Å². The number of hydrogen-bond acceptors (Lipinski definition) is 4. The molecule has 0 aliphatic rings. The number of halogens is 3. The second kappa shape index (κ2) is 4.80. The van der Waals surface area contributed by atoms with Crippen LogP contribution < -0.4 is 5.32 Å². The van der Waals surface area contributed by atoms with Crippen LogP contribution in [0.1, 0.15) is 10.4 Å². The minimum Gasteiger partial charge on any atom is -0.338 e. The Morgan fingerprint density at radius 2 is 2.35 bits per heavy atom. The van der Waals surface area contributed by atoms with E-state index in [0.717, 1.165) is 0 Å². The Kier molecular flexibility index (Phi) is 3.39. The van der Waals surface area contributed by atoms with Crippen molar-refractivity contribution in [3.63, 3.8) is 0 Å². The molecule has 1 amide bonds. The van der Waals surface area contributed by atoms with Gasteiger partial charge in [-0.25, -0.2) is 9.37 Å². The highest BCUT2D eigenvalue weighted by Gasteiger charge is 2.20. The van der Waals surface area contributed by atoms with Gasteiger partial charge in [0, 0.05) is 12.3 Å². The van der Waals surface area contributed by atoms with E-state index in [1.807, 2.05) is 0 Å². The van der Waals surface area contributed by atoms with Crippen molar-refractivity contribution in [3.8, 4) is 0 Å². The Hall–Kier alpha value is -1.47. The van der Waals surface area contributed by atoms with Crippen molar-refractivity contribution in [3.05, 3.63) is 39.5 Å². The molecule has 2 aromatic heterocycles. The van der Waals surface area contributed by atoms with E-state index in [2.05, 4.69) is 35.9 Å². The molecule has 0 saturated carbocycles. The quantitative estimate of drug-likeness (QED) is 0.864. The van der Waals surface area contributed by atoms with E-state index in [1.54, 1.807) is 0 Å². The summed E-state index contributed by atoms with van der Waals surface area (Å²) in [5, 5.41) is 5.34. The molecule has 2 rings (SSSR count). The molecule has 0 saturated heterocycles. The SMILES string of the molecule is O=C(Nc1ccno1)c1c(Br)cnc(Cl)c1F. The third-order valence-corrected chi connectivity index (χ3v) is 2.70. The number of rotatable bonds is 2. The highest BCUT2D eigenvalue weighted by molar-refractivity contribution is 9.10. The fourth-order valence-electron chi connectivity index (χ4n) is 1.11. The maximum absolute atomic E-state index is 13.6. The van der Waals surface area contributed by atoms with Crippen LogP contribution in [0.15, 0.2) is 27.5 Å². The van der Waals surface area contributed by atoms with E-state index < -0.39 is 11.7 Å². The molecule has 1 N–H and O–H groups in total. The summed E-state index contributed by atoms with van der Waals surface area (Å²) in [6.45, 7) is 0. The van der Waals surface area contributed by atoms with E-state index in [0.29, 0.717) is 0 Å². The molecule has 2 heterocycles. The van der Waals surface area contributed by atoms with Crippen LogP contribution in [0, 0.1) is 5.82 Å². The lowest BCUT2D eigenvalue weighted by Gasteiger charge is -2.05. The number of hydrogen-bond donors (Lipinski definition) is 1. The van der Waals surface area contributed by atoms with E-state index in [1.165, 1.54) is 18.5 Å². The number of anilines is 1. The van der Waals surface area contributed by atoms with Crippen LogP contribution >= 0.6 is 27.5 Å². The highest BCUT2D eigenvalue weighted by atomic mass is 79.9. The molecule has 0 aliphatic heterocycles. The Morgan fingerprint density at radius 1 is 1.59 bits per heavy atom. The molecule has 0 unspecified atom stereocenters. The fraction of sp³-hybridized carbons (Fsp3) is 0. The largest absolute Gasteiger partial charge is 0.338 e. The smallest absolute Gasteiger partial charge is 0.262 e. The first-order chi connectivity index (χ1) is 8.09. The summed E-state index contributed by atoms with van der Waals surface area (Å²) in [6.07, 6.45) is 2.58. The van der Waals surface area contributed by atoms with Crippen molar-refractivity contribution in [2.45, 2.75) is 0 Å². The van der Waals surface area contributed by atoms with Crippen molar-refractivity contribution in [1.29, 1.82) is 0 Å². The zero-order valence-corrected chi connectivity index (χ0v) is 10.4. The highest BCUT2D eigenvalue weighted by Crippen LogP contribution is 2.24. The Balaban J connectivity index is 2.34. The van der Waals surface area contributed by atoms with Gasteiger partial charge in [0.25, 0.3) is 5.91 Å². The molecule has 8 heteroatoms. The Bertz CT molecular complexity index is 562. The van der Waals surface area contributed by atoms with Crippen LogP contribution in [0.2, 0.25) is 5.15 Å². The Labute approximate surface area is 108 Å². The van der Waals surface area contributed by atoms with Gasteiger partial charge in [-0.05, 0) is 15.9 Å². The van der Waals surface area contributed by atoms with Crippen LogP contribution in [0.5, 0.6) is 0 Å². The normalized spacial score (nSPS) is 10.3. The van der Waals surface area contributed by atoms with Crippen molar-refractivity contribution < 1.29 is 13.7 Å². The molecule has 0 aliphatic carbocycles. The zero-order valence-electron chi connectivity index (χ0n) is 8.08. The summed E-state index contributed by atoms with van der Waals surface area (Å²) >= 11 is 8.51. The van der Waals surface area contributed by atoms with Crippen molar-refractivity contribution in [2.75, 3.05) is 5.32 Å². The van der Waals surface area contributed by atoms with Gasteiger partial charge in [0.1, 0.15) is 0 Å². The number of aromatic nitrogens is 2. The molecule has 88 valence electrons. The van der Waals surface area contributed by atoms with Gasteiger partial charge in [-0.1, -0.05) is 16.8 Å². The standard InChI is InChI=1S/C9H4BrClFN3O2/c10-4-3-13-8(11)7(12)6(4)9(16)15-5-1-2-14-17-5/h1-3H,(H,15,16). The zero-order chi connectivity index (χ0) is 12.4. The number of carbonyl (C=O) groups excluding carboxylic acids is 1. The average Bonchev–Trinajstić information content (AvgIpc) is 2.77. The predicted molar refractivity (Wildman–Crippen MR) is 61.4 cm³/mol. The first-order valence-corrected chi connectivity index (χ1v) is 5.48. The third-order valence-electron chi connectivity index (χ3n) is 1.83. The number of amides is 1. The summed E-state index contributed by atoms with van der Waals surface area (Å²) in [6, 6.07) is 1.42. The van der Waals surface area contributed by atoms with E-state index in [-0.39, 0.29) is 21.1 Å². The van der Waals surface area contributed by atoms with Gasteiger partial charge < -0.3 is 4.52 Å². The van der Waals surface area contributed by atoms with E-state index in [4.69, 9.17) is 11.6 Å². The molecule has 0 aromatic carbocycles. The van der Waals surface area contributed by atoms with Gasteiger partial charge >= 0.3 is 0 Å².